The highest BCUT2D eigenvalue weighted by atomic mass is 19.1. The molecule has 0 spiro atoms. The van der Waals surface area contributed by atoms with Crippen LogP contribution in [0.2, 0.25) is 0 Å². The molecule has 0 aliphatic rings. The molecule has 1 rings (SSSR count). The van der Waals surface area contributed by atoms with Crippen molar-refractivity contribution in [2.75, 3.05) is 13.6 Å². The summed E-state index contributed by atoms with van der Waals surface area (Å²) in [5.41, 5.74) is 0.0737. The molecule has 128 valence electrons. The standard InChI is InChI=1S/C18H27FN2O2/c1-13(14-9-6-7-10-15(14)19)21(5)16(22)11-8-12-20-17(23)18(2,3)4/h6-7,9-10,13H,8,11-12H2,1-5H3,(H,20,23). The van der Waals surface area contributed by atoms with Gasteiger partial charge in [0.2, 0.25) is 11.8 Å². The lowest BCUT2D eigenvalue weighted by Crippen LogP contribution is -2.36. The van der Waals surface area contributed by atoms with Gasteiger partial charge in [-0.05, 0) is 19.4 Å². The Labute approximate surface area is 138 Å². The molecule has 2 amide bonds. The smallest absolute Gasteiger partial charge is 0.225 e. The molecule has 23 heavy (non-hydrogen) atoms. The third kappa shape index (κ3) is 5.66. The van der Waals surface area contributed by atoms with E-state index in [2.05, 4.69) is 5.32 Å². The van der Waals surface area contributed by atoms with Crippen molar-refractivity contribution in [3.05, 3.63) is 35.6 Å². The van der Waals surface area contributed by atoms with E-state index in [1.165, 1.54) is 6.07 Å². The van der Waals surface area contributed by atoms with Gasteiger partial charge in [0, 0.05) is 31.0 Å². The van der Waals surface area contributed by atoms with Crippen molar-refractivity contribution < 1.29 is 14.0 Å². The number of carbonyl (C=O) groups excluding carboxylic acids is 2. The van der Waals surface area contributed by atoms with Gasteiger partial charge in [0.15, 0.2) is 0 Å². The largest absolute Gasteiger partial charge is 0.356 e. The Morgan fingerprint density at radius 3 is 2.43 bits per heavy atom. The summed E-state index contributed by atoms with van der Waals surface area (Å²) in [6, 6.07) is 6.15. The van der Waals surface area contributed by atoms with Crippen LogP contribution in [0.25, 0.3) is 0 Å². The summed E-state index contributed by atoms with van der Waals surface area (Å²) in [4.78, 5) is 25.5. The van der Waals surface area contributed by atoms with E-state index < -0.39 is 5.41 Å². The van der Waals surface area contributed by atoms with Gasteiger partial charge in [0.25, 0.3) is 0 Å². The molecule has 0 bridgehead atoms. The maximum absolute atomic E-state index is 13.8. The summed E-state index contributed by atoms with van der Waals surface area (Å²) in [5.74, 6) is -0.402. The van der Waals surface area contributed by atoms with Crippen LogP contribution in [0.4, 0.5) is 4.39 Å². The first-order valence-corrected chi connectivity index (χ1v) is 7.93. The molecule has 4 nitrogen and oxygen atoms in total. The highest BCUT2D eigenvalue weighted by Crippen LogP contribution is 2.22. The number of benzene rings is 1. The molecule has 0 fully saturated rings. The van der Waals surface area contributed by atoms with Crippen molar-refractivity contribution in [3.63, 3.8) is 0 Å². The normalized spacial score (nSPS) is 12.6. The van der Waals surface area contributed by atoms with E-state index in [0.717, 1.165) is 0 Å². The van der Waals surface area contributed by atoms with Crippen molar-refractivity contribution in [2.24, 2.45) is 5.41 Å². The van der Waals surface area contributed by atoms with E-state index in [1.54, 1.807) is 37.1 Å². The second-order valence-corrected chi connectivity index (χ2v) is 6.81. The molecular weight excluding hydrogens is 295 g/mol. The van der Waals surface area contributed by atoms with Crippen LogP contribution in [0.15, 0.2) is 24.3 Å². The van der Waals surface area contributed by atoms with E-state index in [9.17, 15) is 14.0 Å². The summed E-state index contributed by atoms with van der Waals surface area (Å²) < 4.78 is 13.8. The molecule has 0 aliphatic heterocycles. The van der Waals surface area contributed by atoms with Gasteiger partial charge < -0.3 is 10.2 Å². The van der Waals surface area contributed by atoms with Gasteiger partial charge in [0.05, 0.1) is 6.04 Å². The predicted molar refractivity (Wildman–Crippen MR) is 89.3 cm³/mol. The number of amides is 2. The minimum atomic E-state index is -0.430. The Balaban J connectivity index is 2.46. The van der Waals surface area contributed by atoms with Gasteiger partial charge in [-0.1, -0.05) is 39.0 Å². The fourth-order valence-corrected chi connectivity index (χ4v) is 2.12. The second-order valence-electron chi connectivity index (χ2n) is 6.81. The van der Waals surface area contributed by atoms with E-state index in [4.69, 9.17) is 0 Å². The summed E-state index contributed by atoms with van der Waals surface area (Å²) in [6.45, 7) is 7.80. The second kappa shape index (κ2) is 8.09. The Bertz CT molecular complexity index is 552. The minimum absolute atomic E-state index is 0.0296. The fraction of sp³-hybridized carbons (Fsp3) is 0.556. The fourth-order valence-electron chi connectivity index (χ4n) is 2.12. The number of nitrogens with one attached hydrogen (secondary N) is 1. The lowest BCUT2D eigenvalue weighted by molar-refractivity contribution is -0.132. The zero-order valence-corrected chi connectivity index (χ0v) is 14.6. The third-order valence-corrected chi connectivity index (χ3v) is 3.86. The minimum Gasteiger partial charge on any atom is -0.356 e. The van der Waals surface area contributed by atoms with Crippen LogP contribution in [-0.2, 0) is 9.59 Å². The maximum atomic E-state index is 13.8. The molecule has 0 heterocycles. The first-order chi connectivity index (χ1) is 10.6. The Morgan fingerprint density at radius 2 is 1.87 bits per heavy atom. The highest BCUT2D eigenvalue weighted by molar-refractivity contribution is 5.81. The topological polar surface area (TPSA) is 49.4 Å². The monoisotopic (exact) mass is 322 g/mol. The summed E-state index contributed by atoms with van der Waals surface area (Å²) in [7, 11) is 1.67. The van der Waals surface area contributed by atoms with Crippen LogP contribution >= 0.6 is 0 Å². The Morgan fingerprint density at radius 1 is 1.26 bits per heavy atom. The zero-order valence-electron chi connectivity index (χ0n) is 14.6. The first kappa shape index (κ1) is 19.1. The Hall–Kier alpha value is -1.91. The molecule has 5 heteroatoms. The molecule has 1 atom stereocenters. The van der Waals surface area contributed by atoms with Crippen molar-refractivity contribution in [2.45, 2.75) is 46.6 Å². The summed E-state index contributed by atoms with van der Waals surface area (Å²) in [5, 5.41) is 2.82. The van der Waals surface area contributed by atoms with Crippen LogP contribution < -0.4 is 5.32 Å². The number of rotatable bonds is 6. The summed E-state index contributed by atoms with van der Waals surface area (Å²) in [6.07, 6.45) is 0.884. The lowest BCUT2D eigenvalue weighted by Gasteiger charge is -2.26. The number of carbonyl (C=O) groups is 2. The van der Waals surface area contributed by atoms with Crippen molar-refractivity contribution >= 4 is 11.8 Å². The van der Waals surface area contributed by atoms with E-state index in [-0.39, 0.29) is 23.7 Å². The number of nitrogens with zero attached hydrogens (tertiary/aromatic N) is 1. The van der Waals surface area contributed by atoms with Crippen LogP contribution in [0.3, 0.4) is 0 Å². The van der Waals surface area contributed by atoms with Crippen LogP contribution in [-0.4, -0.2) is 30.3 Å². The number of halogens is 1. The van der Waals surface area contributed by atoms with Crippen molar-refractivity contribution in [1.29, 1.82) is 0 Å². The van der Waals surface area contributed by atoms with E-state index in [1.807, 2.05) is 20.8 Å². The molecule has 0 saturated carbocycles. The van der Waals surface area contributed by atoms with Gasteiger partial charge in [-0.2, -0.15) is 0 Å². The highest BCUT2D eigenvalue weighted by Gasteiger charge is 2.21. The molecule has 0 saturated heterocycles. The third-order valence-electron chi connectivity index (χ3n) is 3.86. The molecule has 1 unspecified atom stereocenters. The quantitative estimate of drug-likeness (QED) is 0.817. The average molecular weight is 322 g/mol. The van der Waals surface area contributed by atoms with Gasteiger partial charge in [-0.3, -0.25) is 9.59 Å². The molecule has 1 N–H and O–H groups in total. The van der Waals surface area contributed by atoms with Crippen molar-refractivity contribution in [3.8, 4) is 0 Å². The zero-order chi connectivity index (χ0) is 17.6. The van der Waals surface area contributed by atoms with Gasteiger partial charge >= 0.3 is 0 Å². The Kier molecular flexibility index (Phi) is 6.73. The molecule has 1 aromatic carbocycles. The maximum Gasteiger partial charge on any atom is 0.225 e. The lowest BCUT2D eigenvalue weighted by atomic mass is 9.96. The molecule has 0 aromatic heterocycles. The van der Waals surface area contributed by atoms with Gasteiger partial charge in [0.1, 0.15) is 5.82 Å². The predicted octanol–water partition coefficient (Wildman–Crippen LogP) is 3.29. The van der Waals surface area contributed by atoms with Crippen LogP contribution in [0.5, 0.6) is 0 Å². The van der Waals surface area contributed by atoms with Crippen LogP contribution in [0, 0.1) is 11.2 Å². The number of hydrogen-bond donors (Lipinski definition) is 1. The summed E-state index contributed by atoms with van der Waals surface area (Å²) >= 11 is 0. The average Bonchev–Trinajstić information content (AvgIpc) is 2.49. The van der Waals surface area contributed by atoms with Gasteiger partial charge in [-0.25, -0.2) is 4.39 Å². The molecule has 1 aromatic rings. The number of hydrogen-bond acceptors (Lipinski definition) is 2. The molecule has 0 radical (unpaired) electrons. The van der Waals surface area contributed by atoms with Crippen LogP contribution in [0.1, 0.15) is 52.1 Å². The SMILES string of the molecule is CC(c1ccccc1F)N(C)C(=O)CCCNC(=O)C(C)(C)C. The van der Waals surface area contributed by atoms with E-state index >= 15 is 0 Å². The van der Waals surface area contributed by atoms with Crippen molar-refractivity contribution in [1.82, 2.24) is 10.2 Å². The van der Waals surface area contributed by atoms with Gasteiger partial charge in [-0.15, -0.1) is 0 Å². The first-order valence-electron chi connectivity index (χ1n) is 7.93. The molecule has 0 aliphatic carbocycles. The molecular formula is C18H27FN2O2. The van der Waals surface area contributed by atoms with E-state index in [0.29, 0.717) is 24.9 Å².